The van der Waals surface area contributed by atoms with E-state index in [4.69, 9.17) is 23.2 Å². The lowest BCUT2D eigenvalue weighted by atomic mass is 10.1. The number of anilines is 2. The number of hydrogen-bond acceptors (Lipinski definition) is 4. The predicted octanol–water partition coefficient (Wildman–Crippen LogP) is 7.57. The number of sulfonamides is 1. The SMILES string of the molecule is Cc1ccc(S(=O)(=O)Nc2ccc(SC(C(=O)Nc3cc(Cl)cc(Cl)c3)c3ccccc3)cc2)cc1. The molecule has 0 heterocycles. The first-order valence-electron chi connectivity index (χ1n) is 10.9. The normalized spacial score (nSPS) is 12.1. The Morgan fingerprint density at radius 3 is 2.03 bits per heavy atom. The highest BCUT2D eigenvalue weighted by Crippen LogP contribution is 2.37. The zero-order valence-electron chi connectivity index (χ0n) is 19.1. The third kappa shape index (κ3) is 6.83. The molecule has 36 heavy (non-hydrogen) atoms. The Bertz CT molecular complexity index is 1440. The highest BCUT2D eigenvalue weighted by Gasteiger charge is 2.23. The quantitative estimate of drug-likeness (QED) is 0.219. The van der Waals surface area contributed by atoms with Gasteiger partial charge in [0.1, 0.15) is 5.25 Å². The summed E-state index contributed by atoms with van der Waals surface area (Å²) in [5, 5.41) is 3.16. The van der Waals surface area contributed by atoms with E-state index in [1.54, 1.807) is 66.7 Å². The number of halogens is 2. The predicted molar refractivity (Wildman–Crippen MR) is 149 cm³/mol. The molecule has 1 unspecified atom stereocenters. The van der Waals surface area contributed by atoms with E-state index in [9.17, 15) is 13.2 Å². The fraction of sp³-hybridized carbons (Fsp3) is 0.0741. The Balaban J connectivity index is 1.52. The van der Waals surface area contributed by atoms with Crippen LogP contribution in [0.4, 0.5) is 11.4 Å². The number of benzene rings is 4. The lowest BCUT2D eigenvalue weighted by Crippen LogP contribution is -2.19. The van der Waals surface area contributed by atoms with Crippen LogP contribution in [0.3, 0.4) is 0 Å². The number of nitrogens with one attached hydrogen (secondary N) is 2. The average molecular weight is 558 g/mol. The van der Waals surface area contributed by atoms with Crippen molar-refractivity contribution in [3.63, 3.8) is 0 Å². The molecule has 0 saturated heterocycles. The van der Waals surface area contributed by atoms with Crippen LogP contribution in [0, 0.1) is 6.92 Å². The summed E-state index contributed by atoms with van der Waals surface area (Å²) in [6.07, 6.45) is 0. The van der Waals surface area contributed by atoms with E-state index >= 15 is 0 Å². The Morgan fingerprint density at radius 2 is 1.42 bits per heavy atom. The van der Waals surface area contributed by atoms with E-state index in [0.717, 1.165) is 16.0 Å². The highest BCUT2D eigenvalue weighted by molar-refractivity contribution is 8.00. The van der Waals surface area contributed by atoms with Crippen LogP contribution < -0.4 is 10.0 Å². The van der Waals surface area contributed by atoms with Gasteiger partial charge in [-0.1, -0.05) is 71.2 Å². The van der Waals surface area contributed by atoms with Gasteiger partial charge in [-0.25, -0.2) is 8.42 Å². The lowest BCUT2D eigenvalue weighted by molar-refractivity contribution is -0.115. The molecular weight excluding hydrogens is 535 g/mol. The van der Waals surface area contributed by atoms with Gasteiger partial charge >= 0.3 is 0 Å². The fourth-order valence-electron chi connectivity index (χ4n) is 3.40. The van der Waals surface area contributed by atoms with E-state index in [1.165, 1.54) is 11.8 Å². The van der Waals surface area contributed by atoms with Gasteiger partial charge in [-0.05, 0) is 67.1 Å². The molecule has 0 aromatic heterocycles. The van der Waals surface area contributed by atoms with Crippen LogP contribution in [0.15, 0.2) is 107 Å². The van der Waals surface area contributed by atoms with Crippen LogP contribution in [0.5, 0.6) is 0 Å². The minimum atomic E-state index is -3.71. The van der Waals surface area contributed by atoms with Gasteiger partial charge in [-0.2, -0.15) is 0 Å². The first-order valence-corrected chi connectivity index (χ1v) is 14.0. The summed E-state index contributed by atoms with van der Waals surface area (Å²) >= 11 is 13.5. The van der Waals surface area contributed by atoms with Gasteiger partial charge in [0.05, 0.1) is 4.90 Å². The second-order valence-electron chi connectivity index (χ2n) is 8.00. The largest absolute Gasteiger partial charge is 0.325 e. The number of rotatable bonds is 8. The zero-order valence-corrected chi connectivity index (χ0v) is 22.3. The highest BCUT2D eigenvalue weighted by atomic mass is 35.5. The van der Waals surface area contributed by atoms with Crippen molar-refractivity contribution in [1.29, 1.82) is 0 Å². The smallest absolute Gasteiger partial charge is 0.261 e. The summed E-state index contributed by atoms with van der Waals surface area (Å²) < 4.78 is 28.0. The number of thioether (sulfide) groups is 1. The van der Waals surface area contributed by atoms with Gasteiger partial charge in [0.2, 0.25) is 5.91 Å². The third-order valence-corrected chi connectivity index (χ3v) is 8.26. The number of carbonyl (C=O) groups is 1. The second kappa shape index (κ2) is 11.4. The molecule has 9 heteroatoms. The molecule has 0 saturated carbocycles. The molecule has 0 aliphatic carbocycles. The van der Waals surface area contributed by atoms with Crippen molar-refractivity contribution >= 4 is 62.3 Å². The third-order valence-electron chi connectivity index (χ3n) is 5.16. The van der Waals surface area contributed by atoms with Gasteiger partial charge in [-0.15, -0.1) is 11.8 Å². The zero-order chi connectivity index (χ0) is 25.7. The Morgan fingerprint density at radius 1 is 0.806 bits per heavy atom. The lowest BCUT2D eigenvalue weighted by Gasteiger charge is -2.18. The van der Waals surface area contributed by atoms with E-state index in [-0.39, 0.29) is 10.8 Å². The molecule has 0 aliphatic rings. The maximum Gasteiger partial charge on any atom is 0.261 e. The fourth-order valence-corrected chi connectivity index (χ4v) is 6.01. The molecule has 2 N–H and O–H groups in total. The Kier molecular flexibility index (Phi) is 8.26. The van der Waals surface area contributed by atoms with Gasteiger partial charge in [0, 0.05) is 26.3 Å². The minimum absolute atomic E-state index is 0.188. The molecular formula is C27H22Cl2N2O3S2. The van der Waals surface area contributed by atoms with Crippen molar-refractivity contribution < 1.29 is 13.2 Å². The van der Waals surface area contributed by atoms with E-state index in [2.05, 4.69) is 10.0 Å². The van der Waals surface area contributed by atoms with E-state index < -0.39 is 15.3 Å². The van der Waals surface area contributed by atoms with E-state index in [1.807, 2.05) is 37.3 Å². The maximum absolute atomic E-state index is 13.3. The van der Waals surface area contributed by atoms with Crippen LogP contribution >= 0.6 is 35.0 Å². The van der Waals surface area contributed by atoms with Crippen molar-refractivity contribution in [3.8, 4) is 0 Å². The van der Waals surface area contributed by atoms with E-state index in [0.29, 0.717) is 21.4 Å². The molecule has 0 bridgehead atoms. The Labute approximate surface area is 224 Å². The maximum atomic E-state index is 13.3. The number of aryl methyl sites for hydroxylation is 1. The van der Waals surface area contributed by atoms with Crippen molar-refractivity contribution in [2.24, 2.45) is 0 Å². The molecule has 4 aromatic carbocycles. The molecule has 0 aliphatic heterocycles. The minimum Gasteiger partial charge on any atom is -0.325 e. The van der Waals surface area contributed by atoms with Crippen molar-refractivity contribution in [3.05, 3.63) is 118 Å². The van der Waals surface area contributed by atoms with Crippen LogP contribution in [-0.4, -0.2) is 14.3 Å². The molecule has 5 nitrogen and oxygen atoms in total. The van der Waals surface area contributed by atoms with Gasteiger partial charge < -0.3 is 5.32 Å². The van der Waals surface area contributed by atoms with Gasteiger partial charge in [0.25, 0.3) is 10.0 Å². The number of hydrogen-bond donors (Lipinski definition) is 2. The molecule has 184 valence electrons. The van der Waals surface area contributed by atoms with Crippen LogP contribution in [-0.2, 0) is 14.8 Å². The molecule has 4 aromatic rings. The summed E-state index contributed by atoms with van der Waals surface area (Å²) in [5.74, 6) is -0.242. The molecule has 0 spiro atoms. The van der Waals surface area contributed by atoms with Crippen molar-refractivity contribution in [2.75, 3.05) is 10.0 Å². The van der Waals surface area contributed by atoms with Crippen LogP contribution in [0.1, 0.15) is 16.4 Å². The second-order valence-corrected chi connectivity index (χ2v) is 11.7. The summed E-state index contributed by atoms with van der Waals surface area (Å²) in [6, 6.07) is 27.8. The monoisotopic (exact) mass is 556 g/mol. The molecule has 0 radical (unpaired) electrons. The average Bonchev–Trinajstić information content (AvgIpc) is 2.83. The first-order chi connectivity index (χ1) is 17.2. The van der Waals surface area contributed by atoms with Crippen molar-refractivity contribution in [2.45, 2.75) is 22.0 Å². The molecule has 1 atom stereocenters. The molecule has 1 amide bonds. The molecule has 4 rings (SSSR count). The van der Waals surface area contributed by atoms with Crippen LogP contribution in [0.25, 0.3) is 0 Å². The summed E-state index contributed by atoms with van der Waals surface area (Å²) in [5.41, 5.74) is 2.72. The van der Waals surface area contributed by atoms with Crippen LogP contribution in [0.2, 0.25) is 10.0 Å². The van der Waals surface area contributed by atoms with Gasteiger partial charge in [0.15, 0.2) is 0 Å². The topological polar surface area (TPSA) is 75.3 Å². The summed E-state index contributed by atoms with van der Waals surface area (Å²) in [4.78, 5) is 14.2. The number of amides is 1. The van der Waals surface area contributed by atoms with Gasteiger partial charge in [-0.3, -0.25) is 9.52 Å². The number of carbonyl (C=O) groups excluding carboxylic acids is 1. The Hall–Kier alpha value is -2.97. The summed E-state index contributed by atoms with van der Waals surface area (Å²) in [6.45, 7) is 1.90. The first kappa shape index (κ1) is 26.1. The summed E-state index contributed by atoms with van der Waals surface area (Å²) in [7, 11) is -3.71. The van der Waals surface area contributed by atoms with Crippen molar-refractivity contribution in [1.82, 2.24) is 0 Å². The molecule has 0 fully saturated rings. The standard InChI is InChI=1S/C27H22Cl2N2O3S2/c1-18-7-13-25(14-8-18)36(33,34)31-22-9-11-24(12-10-22)35-26(19-5-3-2-4-6-19)27(32)30-23-16-20(28)15-21(29)17-23/h2-17,26,31H,1H3,(H,30,32).